The number of aromatic nitrogens is 5. The topological polar surface area (TPSA) is 179 Å². The van der Waals surface area contributed by atoms with Crippen LogP contribution < -0.4 is 15.5 Å². The number of pyridine rings is 1. The van der Waals surface area contributed by atoms with Crippen molar-refractivity contribution in [2.45, 2.75) is 65.1 Å². The van der Waals surface area contributed by atoms with Crippen molar-refractivity contribution in [3.05, 3.63) is 89.0 Å². The van der Waals surface area contributed by atoms with Crippen molar-refractivity contribution in [1.82, 2.24) is 44.5 Å². The summed E-state index contributed by atoms with van der Waals surface area (Å²) >= 11 is 0. The molecule has 0 bridgehead atoms. The van der Waals surface area contributed by atoms with Crippen LogP contribution in [0.2, 0.25) is 0 Å². The number of carbonyl (C=O) groups excluding carboxylic acids is 5. The molecule has 3 saturated heterocycles. The predicted octanol–water partition coefficient (Wildman–Crippen LogP) is 4.76. The zero-order valence-electron chi connectivity index (χ0n) is 34.5. The Morgan fingerprint density at radius 2 is 1.61 bits per heavy atom. The summed E-state index contributed by atoms with van der Waals surface area (Å²) in [5.74, 6) is -2.14. The maximum Gasteiger partial charge on any atom is 0.262 e. The summed E-state index contributed by atoms with van der Waals surface area (Å²) < 4.78 is 32.1. The summed E-state index contributed by atoms with van der Waals surface area (Å²) in [5.41, 5.74) is 3.23. The van der Waals surface area contributed by atoms with Gasteiger partial charge in [-0.3, -0.25) is 39.1 Å². The van der Waals surface area contributed by atoms with Crippen LogP contribution >= 0.6 is 0 Å². The number of benzene rings is 2. The number of rotatable bonds is 9. The van der Waals surface area contributed by atoms with Gasteiger partial charge >= 0.3 is 0 Å². The highest BCUT2D eigenvalue weighted by molar-refractivity contribution is 6.23. The van der Waals surface area contributed by atoms with Gasteiger partial charge in [0.1, 0.15) is 28.9 Å². The third-order valence-electron chi connectivity index (χ3n) is 12.2. The second-order valence-corrected chi connectivity index (χ2v) is 16.6. The molecule has 3 fully saturated rings. The Morgan fingerprint density at radius 3 is 2.32 bits per heavy atom. The minimum atomic E-state index is -1.02. The second kappa shape index (κ2) is 16.3. The van der Waals surface area contributed by atoms with E-state index in [-0.39, 0.29) is 64.6 Å². The first kappa shape index (κ1) is 40.7. The Kier molecular flexibility index (Phi) is 10.7. The lowest BCUT2D eigenvalue weighted by atomic mass is 9.94. The highest BCUT2D eigenvalue weighted by Crippen LogP contribution is 2.34. The van der Waals surface area contributed by atoms with Crippen LogP contribution in [0.25, 0.3) is 22.3 Å². The van der Waals surface area contributed by atoms with E-state index in [1.54, 1.807) is 36.5 Å². The Labute approximate surface area is 355 Å². The lowest BCUT2D eigenvalue weighted by molar-refractivity contribution is -0.138. The highest BCUT2D eigenvalue weighted by atomic mass is 19.1. The van der Waals surface area contributed by atoms with Gasteiger partial charge in [0.2, 0.25) is 23.7 Å². The third kappa shape index (κ3) is 7.63. The van der Waals surface area contributed by atoms with Crippen molar-refractivity contribution in [3.8, 4) is 11.3 Å². The Hall–Kier alpha value is -6.69. The van der Waals surface area contributed by atoms with Crippen LogP contribution in [0.5, 0.6) is 0 Å². The number of aryl methyl sites for hydroxylation is 1. The molecule has 62 heavy (non-hydrogen) atoms. The van der Waals surface area contributed by atoms with Gasteiger partial charge in [-0.05, 0) is 82.0 Å². The van der Waals surface area contributed by atoms with Crippen molar-refractivity contribution < 1.29 is 32.8 Å². The monoisotopic (exact) mass is 845 g/mol. The number of nitrogens with zero attached hydrogens (tertiary/aromatic N) is 9. The molecule has 0 saturated carbocycles. The van der Waals surface area contributed by atoms with Crippen molar-refractivity contribution in [3.63, 3.8) is 0 Å². The zero-order chi connectivity index (χ0) is 43.4. The number of piperidine rings is 2. The van der Waals surface area contributed by atoms with Crippen LogP contribution in [0, 0.1) is 24.5 Å². The van der Waals surface area contributed by atoms with Gasteiger partial charge in [-0.15, -0.1) is 0 Å². The van der Waals surface area contributed by atoms with Gasteiger partial charge in [0.25, 0.3) is 11.8 Å². The minimum absolute atomic E-state index is 0.0220. The molecule has 320 valence electrons. The van der Waals surface area contributed by atoms with E-state index in [0.717, 1.165) is 22.3 Å². The molecule has 0 radical (unpaired) electrons. The van der Waals surface area contributed by atoms with E-state index in [9.17, 15) is 24.0 Å². The van der Waals surface area contributed by atoms with Gasteiger partial charge in [-0.25, -0.2) is 28.7 Å². The van der Waals surface area contributed by atoms with E-state index in [4.69, 9.17) is 0 Å². The molecule has 3 aromatic heterocycles. The van der Waals surface area contributed by atoms with Crippen LogP contribution in [0.3, 0.4) is 0 Å². The van der Waals surface area contributed by atoms with Gasteiger partial charge in [-0.1, -0.05) is 6.07 Å². The first-order valence-electron chi connectivity index (χ1n) is 20.9. The highest BCUT2D eigenvalue weighted by Gasteiger charge is 2.45. The van der Waals surface area contributed by atoms with Gasteiger partial charge < -0.3 is 19.7 Å². The Bertz CT molecular complexity index is 2640. The average Bonchev–Trinajstić information content (AvgIpc) is 3.74. The fourth-order valence-electron chi connectivity index (χ4n) is 9.08. The van der Waals surface area contributed by atoms with Crippen LogP contribution in [0.15, 0.2) is 54.9 Å². The summed E-state index contributed by atoms with van der Waals surface area (Å²) in [6.45, 7) is 10.3. The van der Waals surface area contributed by atoms with Gasteiger partial charge in [-0.2, -0.15) is 0 Å². The number of nitrogens with one attached hydrogen (secondary N) is 2. The normalized spacial score (nSPS) is 18.9. The summed E-state index contributed by atoms with van der Waals surface area (Å²) in [5, 5.41) is 5.24. The van der Waals surface area contributed by atoms with E-state index in [1.807, 2.05) is 36.3 Å². The number of halogens is 2. The molecule has 18 heteroatoms. The summed E-state index contributed by atoms with van der Waals surface area (Å²) in [6.07, 6.45) is 4.26. The fourth-order valence-corrected chi connectivity index (χ4v) is 9.08. The van der Waals surface area contributed by atoms with Crippen LogP contribution in [-0.4, -0.2) is 114 Å². The molecule has 9 rings (SSSR count). The van der Waals surface area contributed by atoms with Gasteiger partial charge in [0.15, 0.2) is 11.6 Å². The smallest absolute Gasteiger partial charge is 0.262 e. The molecule has 5 amide bonds. The maximum absolute atomic E-state index is 15.2. The standard InChI is InChI=1S/C44H45F2N11O5/c1-24(2)56-25(3)49-39-32(45)18-28(19-35(39)56)38-33(46)22-48-44(52-38)50-36-8-4-26(21-47-36)23-53-14-16-55(17-15-53)41(60)27-10-12-54(13-11-27)29-5-6-30-31(20-29)43(62)57(42(30)61)34-7-9-37(58)51-40(34)59/h4-6,8,18-22,24,27,34H,7,9-17,23H2,1-3H3,(H,51,58,59)(H,47,48,50,52). The molecule has 1 atom stereocenters. The number of piperazine rings is 1. The molecule has 16 nitrogen and oxygen atoms in total. The number of amides is 5. The first-order valence-corrected chi connectivity index (χ1v) is 20.9. The van der Waals surface area contributed by atoms with E-state index in [2.05, 4.69) is 40.4 Å². The molecule has 1 unspecified atom stereocenters. The number of imide groups is 2. The molecule has 2 N–H and O–H groups in total. The Balaban J connectivity index is 0.758. The number of hydrogen-bond donors (Lipinski definition) is 2. The maximum atomic E-state index is 15.2. The van der Waals surface area contributed by atoms with E-state index >= 15 is 8.78 Å². The molecular formula is C44H45F2N11O5. The van der Waals surface area contributed by atoms with Crippen LogP contribution in [0.4, 0.5) is 26.2 Å². The van der Waals surface area contributed by atoms with Crippen molar-refractivity contribution in [1.29, 1.82) is 0 Å². The quantitative estimate of drug-likeness (QED) is 0.195. The molecule has 7 heterocycles. The number of hydrogen-bond acceptors (Lipinski definition) is 12. The number of imidazole rings is 1. The van der Waals surface area contributed by atoms with Gasteiger partial charge in [0.05, 0.1) is 22.8 Å². The average molecular weight is 846 g/mol. The molecule has 5 aromatic rings. The van der Waals surface area contributed by atoms with Crippen molar-refractivity contribution in [2.24, 2.45) is 5.92 Å². The molecule has 0 spiro atoms. The zero-order valence-corrected chi connectivity index (χ0v) is 34.5. The van der Waals surface area contributed by atoms with E-state index in [0.29, 0.717) is 75.8 Å². The third-order valence-corrected chi connectivity index (χ3v) is 12.2. The Morgan fingerprint density at radius 1 is 0.855 bits per heavy atom. The molecule has 2 aromatic carbocycles. The SMILES string of the molecule is Cc1nc2c(F)cc(-c3nc(Nc4ccc(CN5CCN(C(=O)C6CCN(c7ccc8c(c7)C(=O)N(C7CCC(=O)NC7=O)C8=O)CC6)CC5)cn4)ncc3F)cc2n1C(C)C. The largest absolute Gasteiger partial charge is 0.371 e. The minimum Gasteiger partial charge on any atom is -0.371 e. The number of anilines is 3. The second-order valence-electron chi connectivity index (χ2n) is 16.6. The predicted molar refractivity (Wildman–Crippen MR) is 223 cm³/mol. The summed E-state index contributed by atoms with van der Waals surface area (Å²) in [6, 6.07) is 10.8. The van der Waals surface area contributed by atoms with E-state index in [1.165, 1.54) is 6.07 Å². The molecule has 4 aliphatic heterocycles. The molecule has 4 aliphatic rings. The van der Waals surface area contributed by atoms with Crippen molar-refractivity contribution in [2.75, 3.05) is 49.5 Å². The number of fused-ring (bicyclic) bond motifs is 2. The fraction of sp³-hybridized carbons (Fsp3) is 0.386. The van der Waals surface area contributed by atoms with Crippen molar-refractivity contribution >= 4 is 58.0 Å². The van der Waals surface area contributed by atoms with Crippen LogP contribution in [0.1, 0.15) is 77.7 Å². The lowest BCUT2D eigenvalue weighted by Gasteiger charge is -2.39. The summed E-state index contributed by atoms with van der Waals surface area (Å²) in [7, 11) is 0. The van der Waals surface area contributed by atoms with Crippen LogP contribution in [-0.2, 0) is 20.9 Å². The molecule has 0 aliphatic carbocycles. The lowest BCUT2D eigenvalue weighted by Crippen LogP contribution is -2.54. The first-order chi connectivity index (χ1) is 29.8. The number of carbonyl (C=O) groups is 5. The van der Waals surface area contributed by atoms with E-state index < -0.39 is 41.3 Å². The summed E-state index contributed by atoms with van der Waals surface area (Å²) in [4.78, 5) is 88.8. The van der Waals surface area contributed by atoms with Gasteiger partial charge in [0, 0.05) is 81.6 Å². The molecular weight excluding hydrogens is 801 g/mol.